The second kappa shape index (κ2) is 6.55. The lowest BCUT2D eigenvalue weighted by Crippen LogP contribution is -2.16. The minimum Gasteiger partial charge on any atom is -0.493 e. The van der Waals surface area contributed by atoms with Crippen LogP contribution in [0, 0.1) is 12.3 Å². The predicted octanol–water partition coefficient (Wildman–Crippen LogP) is 4.19. The number of rotatable bonds is 4. The van der Waals surface area contributed by atoms with E-state index in [2.05, 4.69) is 52.0 Å². The van der Waals surface area contributed by atoms with Crippen LogP contribution in [-0.4, -0.2) is 18.7 Å². The van der Waals surface area contributed by atoms with E-state index in [4.69, 9.17) is 9.47 Å². The van der Waals surface area contributed by atoms with Gasteiger partial charge < -0.3 is 9.47 Å². The lowest BCUT2D eigenvalue weighted by molar-refractivity contribution is -0.138. The third kappa shape index (κ3) is 3.90. The van der Waals surface area contributed by atoms with Crippen LogP contribution in [0.2, 0.25) is 0 Å². The molecular formula is C19H26O3. The summed E-state index contributed by atoms with van der Waals surface area (Å²) in [6.07, 6.45) is 1.44. The van der Waals surface area contributed by atoms with E-state index in [0.717, 1.165) is 12.2 Å². The summed E-state index contributed by atoms with van der Waals surface area (Å²) in [4.78, 5) is 12.2. The molecule has 0 saturated heterocycles. The van der Waals surface area contributed by atoms with Gasteiger partial charge in [-0.2, -0.15) is 0 Å². The Balaban J connectivity index is 2.13. The second-order valence-electron chi connectivity index (χ2n) is 6.91. The van der Waals surface area contributed by atoms with Gasteiger partial charge in [0.25, 0.3) is 0 Å². The van der Waals surface area contributed by atoms with Gasteiger partial charge in [-0.15, -0.1) is 0 Å². The van der Waals surface area contributed by atoms with Gasteiger partial charge in [-0.25, -0.2) is 4.79 Å². The van der Waals surface area contributed by atoms with Crippen LogP contribution in [0.1, 0.15) is 45.2 Å². The van der Waals surface area contributed by atoms with Gasteiger partial charge in [0.2, 0.25) is 0 Å². The van der Waals surface area contributed by atoms with Crippen LogP contribution in [0.3, 0.4) is 0 Å². The molecule has 1 aliphatic rings. The molecule has 1 aromatic rings. The number of carbonyl (C=O) groups excluding carboxylic acids is 1. The number of benzene rings is 1. The minimum absolute atomic E-state index is 0.0105. The van der Waals surface area contributed by atoms with E-state index >= 15 is 0 Å². The lowest BCUT2D eigenvalue weighted by atomic mass is 9.90. The monoisotopic (exact) mass is 302 g/mol. The maximum absolute atomic E-state index is 12.2. The van der Waals surface area contributed by atoms with E-state index in [1.54, 1.807) is 0 Å². The molecule has 1 atom stereocenters. The van der Waals surface area contributed by atoms with E-state index in [1.165, 1.54) is 11.1 Å². The Morgan fingerprint density at radius 2 is 1.91 bits per heavy atom. The van der Waals surface area contributed by atoms with Crippen molar-refractivity contribution in [2.45, 2.75) is 53.6 Å². The molecule has 3 nitrogen and oxygen atoms in total. The van der Waals surface area contributed by atoms with Crippen LogP contribution >= 0.6 is 0 Å². The highest BCUT2D eigenvalue weighted by molar-refractivity contribution is 5.89. The molecule has 1 unspecified atom stereocenters. The van der Waals surface area contributed by atoms with E-state index in [9.17, 15) is 4.79 Å². The lowest BCUT2D eigenvalue weighted by Gasteiger charge is -2.23. The van der Waals surface area contributed by atoms with Crippen molar-refractivity contribution in [1.29, 1.82) is 0 Å². The minimum atomic E-state index is -0.237. The quantitative estimate of drug-likeness (QED) is 0.782. The van der Waals surface area contributed by atoms with Crippen LogP contribution in [0.15, 0.2) is 35.6 Å². The van der Waals surface area contributed by atoms with Crippen molar-refractivity contribution in [3.63, 3.8) is 0 Å². The SMILES string of the molecule is CCOC(=O)C1=C(C(C)(C)C)OC(Cc2ccc(C)cc2)C1. The summed E-state index contributed by atoms with van der Waals surface area (Å²) in [5, 5.41) is 0. The van der Waals surface area contributed by atoms with Crippen LogP contribution in [0.5, 0.6) is 0 Å². The van der Waals surface area contributed by atoms with E-state index < -0.39 is 0 Å². The Kier molecular flexibility index (Phi) is 4.94. The molecule has 0 N–H and O–H groups in total. The summed E-state index contributed by atoms with van der Waals surface area (Å²) in [6, 6.07) is 8.46. The van der Waals surface area contributed by atoms with Gasteiger partial charge in [-0.1, -0.05) is 50.6 Å². The van der Waals surface area contributed by atoms with E-state index in [0.29, 0.717) is 18.6 Å². The fourth-order valence-electron chi connectivity index (χ4n) is 2.72. The smallest absolute Gasteiger partial charge is 0.337 e. The van der Waals surface area contributed by atoms with Gasteiger partial charge in [0, 0.05) is 18.3 Å². The molecule has 120 valence electrons. The summed E-state index contributed by atoms with van der Waals surface area (Å²) in [5.74, 6) is 0.543. The van der Waals surface area contributed by atoms with E-state index in [1.807, 2.05) is 6.92 Å². The number of ether oxygens (including phenoxy) is 2. The average molecular weight is 302 g/mol. The van der Waals surface area contributed by atoms with Gasteiger partial charge in [-0.05, 0) is 19.4 Å². The first kappa shape index (κ1) is 16.6. The Hall–Kier alpha value is -1.77. The van der Waals surface area contributed by atoms with Gasteiger partial charge in [0.15, 0.2) is 0 Å². The molecule has 0 bridgehead atoms. The zero-order chi connectivity index (χ0) is 16.3. The van der Waals surface area contributed by atoms with Crippen molar-refractivity contribution in [2.24, 2.45) is 5.41 Å². The second-order valence-corrected chi connectivity index (χ2v) is 6.91. The molecule has 0 spiro atoms. The molecule has 0 aliphatic carbocycles. The Bertz CT molecular complexity index is 561. The van der Waals surface area contributed by atoms with Crippen molar-refractivity contribution in [2.75, 3.05) is 6.61 Å². The van der Waals surface area contributed by atoms with E-state index in [-0.39, 0.29) is 17.5 Å². The Labute approximate surface area is 133 Å². The van der Waals surface area contributed by atoms with Crippen molar-refractivity contribution >= 4 is 5.97 Å². The summed E-state index contributed by atoms with van der Waals surface area (Å²) in [5.41, 5.74) is 2.99. The van der Waals surface area contributed by atoms with Crippen molar-refractivity contribution in [3.8, 4) is 0 Å². The molecule has 0 fully saturated rings. The molecule has 1 heterocycles. The number of aryl methyl sites for hydroxylation is 1. The van der Waals surface area contributed by atoms with Crippen molar-refractivity contribution < 1.29 is 14.3 Å². The van der Waals surface area contributed by atoms with Crippen LogP contribution in [0.25, 0.3) is 0 Å². The summed E-state index contributed by atoms with van der Waals surface area (Å²) >= 11 is 0. The average Bonchev–Trinajstić information content (AvgIpc) is 2.86. The fourth-order valence-corrected chi connectivity index (χ4v) is 2.72. The maximum Gasteiger partial charge on any atom is 0.337 e. The van der Waals surface area contributed by atoms with Crippen molar-refractivity contribution in [3.05, 3.63) is 46.7 Å². The first-order chi connectivity index (χ1) is 10.3. The highest BCUT2D eigenvalue weighted by Crippen LogP contribution is 2.38. The molecule has 0 aromatic heterocycles. The number of esters is 1. The normalized spacial score (nSPS) is 18.3. The standard InChI is InChI=1S/C19H26O3/c1-6-21-18(20)16-12-15(22-17(16)19(3,4)5)11-14-9-7-13(2)8-10-14/h7-10,15H,6,11-12H2,1-5H3. The number of hydrogen-bond donors (Lipinski definition) is 0. The zero-order valence-corrected chi connectivity index (χ0v) is 14.2. The fraction of sp³-hybridized carbons (Fsp3) is 0.526. The molecular weight excluding hydrogens is 276 g/mol. The molecule has 2 rings (SSSR count). The Morgan fingerprint density at radius 1 is 1.27 bits per heavy atom. The molecule has 0 radical (unpaired) electrons. The van der Waals surface area contributed by atoms with Crippen molar-refractivity contribution in [1.82, 2.24) is 0 Å². The number of allylic oxidation sites excluding steroid dienone is 1. The Morgan fingerprint density at radius 3 is 2.45 bits per heavy atom. The van der Waals surface area contributed by atoms with Crippen LogP contribution in [0.4, 0.5) is 0 Å². The largest absolute Gasteiger partial charge is 0.493 e. The van der Waals surface area contributed by atoms with Gasteiger partial charge in [0.05, 0.1) is 12.2 Å². The van der Waals surface area contributed by atoms with Gasteiger partial charge >= 0.3 is 5.97 Å². The van der Waals surface area contributed by atoms with Gasteiger partial charge in [-0.3, -0.25) is 0 Å². The summed E-state index contributed by atoms with van der Waals surface area (Å²) in [6.45, 7) is 10.5. The summed E-state index contributed by atoms with van der Waals surface area (Å²) in [7, 11) is 0. The third-order valence-electron chi connectivity index (χ3n) is 3.78. The molecule has 0 saturated carbocycles. The highest BCUT2D eigenvalue weighted by Gasteiger charge is 2.36. The molecule has 22 heavy (non-hydrogen) atoms. The molecule has 3 heteroatoms. The molecule has 0 amide bonds. The first-order valence-electron chi connectivity index (χ1n) is 7.94. The highest BCUT2D eigenvalue weighted by atomic mass is 16.5. The number of carbonyl (C=O) groups is 1. The zero-order valence-electron chi connectivity index (χ0n) is 14.2. The van der Waals surface area contributed by atoms with Crippen LogP contribution in [-0.2, 0) is 20.7 Å². The first-order valence-corrected chi connectivity index (χ1v) is 7.94. The molecule has 1 aromatic carbocycles. The third-order valence-corrected chi connectivity index (χ3v) is 3.78. The van der Waals surface area contributed by atoms with Crippen LogP contribution < -0.4 is 0 Å². The predicted molar refractivity (Wildman–Crippen MR) is 87.5 cm³/mol. The topological polar surface area (TPSA) is 35.5 Å². The number of hydrogen-bond acceptors (Lipinski definition) is 3. The summed E-state index contributed by atoms with van der Waals surface area (Å²) < 4.78 is 11.3. The van der Waals surface area contributed by atoms with Gasteiger partial charge in [0.1, 0.15) is 11.9 Å². The molecule has 1 aliphatic heterocycles. The maximum atomic E-state index is 12.2.